The molecule has 2 aliphatic heterocycles. The number of aliphatic imine (C=N–C) groups is 2. The van der Waals surface area contributed by atoms with E-state index in [2.05, 4.69) is 9.98 Å². The minimum Gasteiger partial charge on any atom is -0.497 e. The monoisotopic (exact) mass is 240 g/mol. The number of hydrogen-bond donors (Lipinski definition) is 0. The predicted molar refractivity (Wildman–Crippen MR) is 70.7 cm³/mol. The fraction of sp³-hybridized carbons (Fsp3) is 0.143. The normalized spacial score (nSPS) is 16.0. The molecule has 0 atom stereocenters. The lowest BCUT2D eigenvalue weighted by Gasteiger charge is -2.09. The number of rotatable bonds is 3. The van der Waals surface area contributed by atoms with Crippen LogP contribution in [0.4, 0.5) is 0 Å². The largest absolute Gasteiger partial charge is 0.497 e. The van der Waals surface area contributed by atoms with Crippen molar-refractivity contribution in [2.24, 2.45) is 9.98 Å². The van der Waals surface area contributed by atoms with Crippen LogP contribution in [0.1, 0.15) is 5.56 Å². The van der Waals surface area contributed by atoms with Crippen molar-refractivity contribution in [3.05, 3.63) is 47.3 Å². The minimum atomic E-state index is 0.750. The third-order valence-electron chi connectivity index (χ3n) is 2.94. The second-order valence-corrected chi connectivity index (χ2v) is 3.98. The van der Waals surface area contributed by atoms with Crippen LogP contribution in [0.3, 0.4) is 0 Å². The first-order valence-corrected chi connectivity index (χ1v) is 5.57. The van der Waals surface area contributed by atoms with E-state index >= 15 is 0 Å². The van der Waals surface area contributed by atoms with E-state index in [-0.39, 0.29) is 0 Å². The van der Waals surface area contributed by atoms with Crippen molar-refractivity contribution in [1.82, 2.24) is 0 Å². The summed E-state index contributed by atoms with van der Waals surface area (Å²) in [5, 5.41) is 0. The van der Waals surface area contributed by atoms with E-state index < -0.39 is 0 Å². The Bertz CT molecular complexity index is 602. The molecule has 2 heterocycles. The van der Waals surface area contributed by atoms with Crippen LogP contribution in [-0.2, 0) is 0 Å². The average molecular weight is 240 g/mol. The second-order valence-electron chi connectivity index (χ2n) is 3.98. The molecule has 0 bridgehead atoms. The third kappa shape index (κ3) is 1.62. The van der Waals surface area contributed by atoms with Crippen LogP contribution in [0.2, 0.25) is 0 Å². The summed E-state index contributed by atoms with van der Waals surface area (Å²) in [6.45, 7) is 0. The smallest absolute Gasteiger partial charge is 0.123 e. The molecule has 2 aliphatic rings. The Hall–Kier alpha value is -2.36. The highest BCUT2D eigenvalue weighted by atomic mass is 16.5. The molecule has 0 unspecified atom stereocenters. The Morgan fingerprint density at radius 2 is 1.67 bits per heavy atom. The lowest BCUT2D eigenvalue weighted by Crippen LogP contribution is -2.03. The molecule has 18 heavy (non-hydrogen) atoms. The van der Waals surface area contributed by atoms with Gasteiger partial charge in [0.15, 0.2) is 0 Å². The molecule has 0 N–H and O–H groups in total. The SMILES string of the molecule is COc1cc(OC)cc(C2=NC=C3C=NC=C32)c1. The zero-order valence-electron chi connectivity index (χ0n) is 10.2. The Morgan fingerprint density at radius 1 is 0.944 bits per heavy atom. The molecule has 4 nitrogen and oxygen atoms in total. The maximum Gasteiger partial charge on any atom is 0.123 e. The van der Waals surface area contributed by atoms with Gasteiger partial charge in [-0.1, -0.05) is 0 Å². The number of hydrogen-bond acceptors (Lipinski definition) is 4. The summed E-state index contributed by atoms with van der Waals surface area (Å²) < 4.78 is 10.5. The Morgan fingerprint density at radius 3 is 2.33 bits per heavy atom. The minimum absolute atomic E-state index is 0.750. The first-order valence-electron chi connectivity index (χ1n) is 5.57. The van der Waals surface area contributed by atoms with Crippen LogP contribution in [0.25, 0.3) is 0 Å². The van der Waals surface area contributed by atoms with Gasteiger partial charge in [-0.3, -0.25) is 9.98 Å². The standard InChI is InChI=1S/C14H12N2O2/c1-17-11-3-9(4-12(5-11)18-2)14-13-8-15-6-10(13)7-16-14/h3-8H,1-2H3. The highest BCUT2D eigenvalue weighted by Gasteiger charge is 2.21. The lowest BCUT2D eigenvalue weighted by atomic mass is 10.0. The maximum absolute atomic E-state index is 5.27. The molecule has 0 saturated heterocycles. The Labute approximate surface area is 105 Å². The third-order valence-corrected chi connectivity index (χ3v) is 2.94. The van der Waals surface area contributed by atoms with E-state index in [9.17, 15) is 0 Å². The Balaban J connectivity index is 2.03. The van der Waals surface area contributed by atoms with Gasteiger partial charge in [0, 0.05) is 41.4 Å². The van der Waals surface area contributed by atoms with E-state index in [4.69, 9.17) is 9.47 Å². The molecular weight excluding hydrogens is 228 g/mol. The van der Waals surface area contributed by atoms with Crippen LogP contribution in [0.15, 0.2) is 51.7 Å². The van der Waals surface area contributed by atoms with E-state index in [0.717, 1.165) is 33.9 Å². The molecule has 1 aromatic carbocycles. The van der Waals surface area contributed by atoms with E-state index in [1.54, 1.807) is 14.2 Å². The fourth-order valence-corrected chi connectivity index (χ4v) is 2.01. The van der Waals surface area contributed by atoms with Crippen LogP contribution in [0.5, 0.6) is 11.5 Å². The van der Waals surface area contributed by atoms with Crippen LogP contribution < -0.4 is 9.47 Å². The summed E-state index contributed by atoms with van der Waals surface area (Å²) in [5.74, 6) is 1.50. The quantitative estimate of drug-likeness (QED) is 0.814. The van der Waals surface area contributed by atoms with Crippen molar-refractivity contribution in [1.29, 1.82) is 0 Å². The van der Waals surface area contributed by atoms with Crippen LogP contribution in [-0.4, -0.2) is 26.1 Å². The van der Waals surface area contributed by atoms with Gasteiger partial charge in [0.1, 0.15) is 11.5 Å². The molecule has 1 aromatic rings. The summed E-state index contributed by atoms with van der Waals surface area (Å²) >= 11 is 0. The molecule has 3 rings (SSSR count). The number of ether oxygens (including phenoxy) is 2. The summed E-state index contributed by atoms with van der Waals surface area (Å²) in [5.41, 5.74) is 3.96. The van der Waals surface area contributed by atoms with Gasteiger partial charge in [0.25, 0.3) is 0 Å². The molecule has 4 heteroatoms. The molecule has 0 amide bonds. The van der Waals surface area contributed by atoms with Crippen molar-refractivity contribution in [2.45, 2.75) is 0 Å². The highest BCUT2D eigenvalue weighted by Crippen LogP contribution is 2.30. The molecule has 90 valence electrons. The van der Waals surface area contributed by atoms with E-state index in [1.807, 2.05) is 36.8 Å². The van der Waals surface area contributed by atoms with Gasteiger partial charge in [0.2, 0.25) is 0 Å². The van der Waals surface area contributed by atoms with Crippen molar-refractivity contribution < 1.29 is 9.47 Å². The lowest BCUT2D eigenvalue weighted by molar-refractivity contribution is 0.394. The van der Waals surface area contributed by atoms with Crippen molar-refractivity contribution in [3.8, 4) is 11.5 Å². The van der Waals surface area contributed by atoms with Gasteiger partial charge < -0.3 is 9.47 Å². The molecule has 0 aliphatic carbocycles. The van der Waals surface area contributed by atoms with Gasteiger partial charge in [-0.25, -0.2) is 0 Å². The number of nitrogens with zero attached hydrogens (tertiary/aromatic N) is 2. The second kappa shape index (κ2) is 4.14. The van der Waals surface area contributed by atoms with Crippen molar-refractivity contribution >= 4 is 11.9 Å². The summed E-state index contributed by atoms with van der Waals surface area (Å²) in [6.07, 6.45) is 5.45. The fourth-order valence-electron chi connectivity index (χ4n) is 2.01. The molecule has 0 spiro atoms. The van der Waals surface area contributed by atoms with Gasteiger partial charge in [-0.05, 0) is 12.1 Å². The maximum atomic E-state index is 5.27. The number of fused-ring (bicyclic) bond motifs is 1. The summed E-state index contributed by atoms with van der Waals surface area (Å²) in [6, 6.07) is 5.72. The first kappa shape index (κ1) is 10.8. The molecule has 0 radical (unpaired) electrons. The average Bonchev–Trinajstić information content (AvgIpc) is 3.00. The van der Waals surface area contributed by atoms with Gasteiger partial charge >= 0.3 is 0 Å². The van der Waals surface area contributed by atoms with Crippen LogP contribution >= 0.6 is 0 Å². The van der Waals surface area contributed by atoms with Crippen molar-refractivity contribution in [3.63, 3.8) is 0 Å². The van der Waals surface area contributed by atoms with E-state index in [1.165, 1.54) is 0 Å². The highest BCUT2D eigenvalue weighted by molar-refractivity contribution is 6.22. The summed E-state index contributed by atoms with van der Waals surface area (Å²) in [7, 11) is 3.27. The van der Waals surface area contributed by atoms with Crippen molar-refractivity contribution in [2.75, 3.05) is 14.2 Å². The number of allylic oxidation sites excluding steroid dienone is 2. The predicted octanol–water partition coefficient (Wildman–Crippen LogP) is 2.36. The summed E-state index contributed by atoms with van der Waals surface area (Å²) in [4.78, 5) is 8.56. The molecular formula is C14H12N2O2. The van der Waals surface area contributed by atoms with Gasteiger partial charge in [-0.2, -0.15) is 0 Å². The molecule has 0 fully saturated rings. The number of methoxy groups -OCH3 is 2. The molecule has 0 aromatic heterocycles. The molecule has 0 saturated carbocycles. The topological polar surface area (TPSA) is 43.2 Å². The van der Waals surface area contributed by atoms with Crippen LogP contribution in [0, 0.1) is 0 Å². The zero-order chi connectivity index (χ0) is 12.5. The van der Waals surface area contributed by atoms with Gasteiger partial charge in [-0.15, -0.1) is 0 Å². The van der Waals surface area contributed by atoms with E-state index in [0.29, 0.717) is 0 Å². The zero-order valence-corrected chi connectivity index (χ0v) is 10.2. The Kier molecular flexibility index (Phi) is 2.48. The van der Waals surface area contributed by atoms with Gasteiger partial charge in [0.05, 0.1) is 19.9 Å². The number of benzene rings is 1. The first-order chi connectivity index (χ1) is 8.81.